The third-order valence-electron chi connectivity index (χ3n) is 3.40. The first kappa shape index (κ1) is 17.5. The van der Waals surface area contributed by atoms with Crippen molar-refractivity contribution in [3.63, 3.8) is 0 Å². The number of hydrogen-bond acceptors (Lipinski definition) is 3. The van der Waals surface area contributed by atoms with Crippen LogP contribution in [0.2, 0.25) is 5.02 Å². The highest BCUT2D eigenvalue weighted by molar-refractivity contribution is 7.89. The molecule has 124 valence electrons. The molecular weight excluding hydrogens is 343 g/mol. The smallest absolute Gasteiger partial charge is 0.375 e. The molecule has 0 amide bonds. The molecule has 0 radical (unpaired) electrons. The van der Waals surface area contributed by atoms with Crippen LogP contribution in [-0.2, 0) is 20.9 Å². The van der Waals surface area contributed by atoms with Gasteiger partial charge < -0.3 is 4.74 Å². The second-order valence-corrected chi connectivity index (χ2v) is 7.48. The molecule has 1 aliphatic rings. The average molecular weight is 358 g/mol. The molecule has 0 aliphatic carbocycles. The van der Waals surface area contributed by atoms with Crippen molar-refractivity contribution in [3.05, 3.63) is 28.8 Å². The van der Waals surface area contributed by atoms with Gasteiger partial charge in [0, 0.05) is 12.6 Å². The number of morpholine rings is 1. The lowest BCUT2D eigenvalue weighted by Gasteiger charge is -2.35. The second-order valence-electron chi connectivity index (χ2n) is 5.21. The number of halogens is 4. The maximum absolute atomic E-state index is 12.8. The van der Waals surface area contributed by atoms with Crippen LogP contribution in [0.1, 0.15) is 19.4 Å². The van der Waals surface area contributed by atoms with Crippen LogP contribution >= 0.6 is 11.6 Å². The fourth-order valence-electron chi connectivity index (χ4n) is 2.21. The summed E-state index contributed by atoms with van der Waals surface area (Å²) in [6, 6.07) is 1.80. The second kappa shape index (κ2) is 5.99. The zero-order chi connectivity index (χ0) is 16.7. The van der Waals surface area contributed by atoms with Gasteiger partial charge in [0.1, 0.15) is 4.90 Å². The normalized spacial score (nSPS) is 24.5. The van der Waals surface area contributed by atoms with Crippen LogP contribution in [0.25, 0.3) is 0 Å². The van der Waals surface area contributed by atoms with Crippen LogP contribution in [-0.4, -0.2) is 38.0 Å². The van der Waals surface area contributed by atoms with Crippen LogP contribution in [0.15, 0.2) is 23.1 Å². The molecule has 1 aromatic rings. The standard InChI is InChI=1S/C13H15ClF3NO3S/c1-8-7-21-9(2)6-18(8)22(19,20)12-5-10(13(15,16)17)3-4-11(12)14/h3-5,8-9H,6-7H2,1-2H3. The zero-order valence-electron chi connectivity index (χ0n) is 11.9. The van der Waals surface area contributed by atoms with Gasteiger partial charge in [0.25, 0.3) is 0 Å². The quantitative estimate of drug-likeness (QED) is 0.816. The monoisotopic (exact) mass is 357 g/mol. The molecule has 22 heavy (non-hydrogen) atoms. The molecule has 2 unspecified atom stereocenters. The Kier molecular flexibility index (Phi) is 4.77. The van der Waals surface area contributed by atoms with E-state index < -0.39 is 32.7 Å². The SMILES string of the molecule is CC1CN(S(=O)(=O)c2cc(C(F)(F)F)ccc2Cl)C(C)CO1. The van der Waals surface area contributed by atoms with Gasteiger partial charge in [-0.15, -0.1) is 0 Å². The molecule has 4 nitrogen and oxygen atoms in total. The maximum Gasteiger partial charge on any atom is 0.416 e. The van der Waals surface area contributed by atoms with Crippen LogP contribution in [0.4, 0.5) is 13.2 Å². The van der Waals surface area contributed by atoms with Gasteiger partial charge in [0.05, 0.1) is 23.3 Å². The average Bonchev–Trinajstić information content (AvgIpc) is 2.40. The Morgan fingerprint density at radius 3 is 2.55 bits per heavy atom. The van der Waals surface area contributed by atoms with E-state index in [4.69, 9.17) is 16.3 Å². The lowest BCUT2D eigenvalue weighted by molar-refractivity contribution is -0.137. The summed E-state index contributed by atoms with van der Waals surface area (Å²) in [5, 5.41) is -0.237. The van der Waals surface area contributed by atoms with Crippen LogP contribution in [0.3, 0.4) is 0 Å². The molecule has 1 saturated heterocycles. The number of sulfonamides is 1. The van der Waals surface area contributed by atoms with Gasteiger partial charge in [-0.05, 0) is 32.0 Å². The van der Waals surface area contributed by atoms with E-state index in [1.807, 2.05) is 0 Å². The van der Waals surface area contributed by atoms with E-state index in [2.05, 4.69) is 0 Å². The predicted octanol–water partition coefficient (Wildman–Crippen LogP) is 3.16. The fraction of sp³-hybridized carbons (Fsp3) is 0.538. The molecule has 1 fully saturated rings. The summed E-state index contributed by atoms with van der Waals surface area (Å²) in [7, 11) is -4.14. The lowest BCUT2D eigenvalue weighted by Crippen LogP contribution is -2.50. The summed E-state index contributed by atoms with van der Waals surface area (Å²) < 4.78 is 70.2. The van der Waals surface area contributed by atoms with E-state index >= 15 is 0 Å². The molecule has 1 aliphatic heterocycles. The highest BCUT2D eigenvalue weighted by Crippen LogP contribution is 2.35. The number of alkyl halides is 3. The summed E-state index contributed by atoms with van der Waals surface area (Å²) in [5.74, 6) is 0. The van der Waals surface area contributed by atoms with E-state index in [9.17, 15) is 21.6 Å². The van der Waals surface area contributed by atoms with Crippen LogP contribution in [0.5, 0.6) is 0 Å². The number of hydrogen-bond donors (Lipinski definition) is 0. The number of benzene rings is 1. The Labute approximate surface area is 131 Å². The van der Waals surface area contributed by atoms with Gasteiger partial charge in [-0.25, -0.2) is 8.42 Å². The minimum atomic E-state index is -4.64. The summed E-state index contributed by atoms with van der Waals surface area (Å²) in [4.78, 5) is -0.537. The molecule has 1 aromatic carbocycles. The Bertz CT molecular complexity index is 663. The molecule has 2 rings (SSSR count). The number of ether oxygens (including phenoxy) is 1. The Morgan fingerprint density at radius 2 is 1.95 bits per heavy atom. The summed E-state index contributed by atoms with van der Waals surface area (Å²) in [6.45, 7) is 3.57. The maximum atomic E-state index is 12.8. The third kappa shape index (κ3) is 3.40. The molecule has 0 N–H and O–H groups in total. The first-order valence-electron chi connectivity index (χ1n) is 6.53. The number of nitrogens with zero attached hydrogens (tertiary/aromatic N) is 1. The van der Waals surface area contributed by atoms with Gasteiger partial charge in [0.2, 0.25) is 10.0 Å². The van der Waals surface area contributed by atoms with Gasteiger partial charge in [-0.1, -0.05) is 11.6 Å². The molecule has 0 saturated carbocycles. The van der Waals surface area contributed by atoms with E-state index in [0.29, 0.717) is 6.07 Å². The molecule has 0 aromatic heterocycles. The highest BCUT2D eigenvalue weighted by atomic mass is 35.5. The van der Waals surface area contributed by atoms with Gasteiger partial charge in [0.15, 0.2) is 0 Å². The minimum Gasteiger partial charge on any atom is -0.375 e. The van der Waals surface area contributed by atoms with E-state index in [1.54, 1.807) is 13.8 Å². The summed E-state index contributed by atoms with van der Waals surface area (Å²) >= 11 is 5.83. The first-order chi connectivity index (χ1) is 10.0. The van der Waals surface area contributed by atoms with Crippen molar-refractivity contribution in [1.82, 2.24) is 4.31 Å². The molecular formula is C13H15ClF3NO3S. The van der Waals surface area contributed by atoms with Crippen molar-refractivity contribution in [3.8, 4) is 0 Å². The summed E-state index contributed by atoms with van der Waals surface area (Å²) in [5.41, 5.74) is -1.05. The highest BCUT2D eigenvalue weighted by Gasteiger charge is 2.37. The van der Waals surface area contributed by atoms with Crippen molar-refractivity contribution in [2.45, 2.75) is 37.1 Å². The lowest BCUT2D eigenvalue weighted by atomic mass is 10.2. The molecule has 2 atom stereocenters. The van der Waals surface area contributed by atoms with Crippen molar-refractivity contribution < 1.29 is 26.3 Å². The van der Waals surface area contributed by atoms with Crippen LogP contribution < -0.4 is 0 Å². The first-order valence-corrected chi connectivity index (χ1v) is 8.35. The Morgan fingerprint density at radius 1 is 1.32 bits per heavy atom. The van der Waals surface area contributed by atoms with Crippen molar-refractivity contribution >= 4 is 21.6 Å². The third-order valence-corrected chi connectivity index (χ3v) is 5.86. The fourth-order valence-corrected chi connectivity index (χ4v) is 4.41. The molecule has 9 heteroatoms. The molecule has 1 heterocycles. The number of rotatable bonds is 2. The van der Waals surface area contributed by atoms with Crippen molar-refractivity contribution in [1.29, 1.82) is 0 Å². The van der Waals surface area contributed by atoms with Crippen molar-refractivity contribution in [2.75, 3.05) is 13.2 Å². The van der Waals surface area contributed by atoms with E-state index in [1.165, 1.54) is 0 Å². The summed E-state index contributed by atoms with van der Waals surface area (Å²) in [6.07, 6.45) is -4.98. The van der Waals surface area contributed by atoms with Gasteiger partial charge >= 0.3 is 6.18 Å². The van der Waals surface area contributed by atoms with E-state index in [0.717, 1.165) is 16.4 Å². The topological polar surface area (TPSA) is 46.6 Å². The van der Waals surface area contributed by atoms with Gasteiger partial charge in [-0.2, -0.15) is 17.5 Å². The largest absolute Gasteiger partial charge is 0.416 e. The zero-order valence-corrected chi connectivity index (χ0v) is 13.5. The predicted molar refractivity (Wildman–Crippen MR) is 75.2 cm³/mol. The van der Waals surface area contributed by atoms with Crippen molar-refractivity contribution in [2.24, 2.45) is 0 Å². The van der Waals surface area contributed by atoms with E-state index in [-0.39, 0.29) is 24.3 Å². The van der Waals surface area contributed by atoms with Crippen LogP contribution in [0, 0.1) is 0 Å². The Hall–Kier alpha value is -0.830. The molecule has 0 spiro atoms. The Balaban J connectivity index is 2.49. The molecule has 0 bridgehead atoms. The minimum absolute atomic E-state index is 0.0655. The van der Waals surface area contributed by atoms with Gasteiger partial charge in [-0.3, -0.25) is 0 Å².